The molecule has 0 radical (unpaired) electrons. The Kier molecular flexibility index (Phi) is 8.46. The minimum Gasteiger partial charge on any atom is -0.497 e. The molecule has 1 saturated heterocycles. The van der Waals surface area contributed by atoms with Gasteiger partial charge in [0.25, 0.3) is 11.8 Å². The molecular weight excluding hydrogens is 555 g/mol. The summed E-state index contributed by atoms with van der Waals surface area (Å²) in [5, 5.41) is 3.30. The summed E-state index contributed by atoms with van der Waals surface area (Å²) in [4.78, 5) is 39.2. The normalized spacial score (nSPS) is 14.5. The molecule has 0 aromatic heterocycles. The Bertz CT molecular complexity index is 1440. The number of methoxy groups -OCH3 is 1. The molecular formula is C27H21Cl3N2O6. The van der Waals surface area contributed by atoms with Crippen LogP contribution in [0.15, 0.2) is 60.2 Å². The van der Waals surface area contributed by atoms with Gasteiger partial charge in [0, 0.05) is 15.6 Å². The zero-order valence-corrected chi connectivity index (χ0v) is 22.5. The van der Waals surface area contributed by atoms with Crippen LogP contribution in [0.3, 0.4) is 0 Å². The number of hydrogen-bond donors (Lipinski definition) is 1. The van der Waals surface area contributed by atoms with Crippen LogP contribution in [-0.2, 0) is 16.2 Å². The van der Waals surface area contributed by atoms with Crippen molar-refractivity contribution in [1.82, 2.24) is 5.32 Å². The molecule has 0 unspecified atom stereocenters. The molecule has 0 spiro atoms. The predicted molar refractivity (Wildman–Crippen MR) is 145 cm³/mol. The second-order valence-electron chi connectivity index (χ2n) is 7.94. The summed E-state index contributed by atoms with van der Waals surface area (Å²) in [5.41, 5.74) is 1.08. The SMILES string of the molecule is CCOc1cc(/C=C2\C(=O)NC(=O)N(c3ccc(OC)cc3)C2=O)cc(Cl)c1OCc1ccc(Cl)cc1Cl. The van der Waals surface area contributed by atoms with Gasteiger partial charge in [0.2, 0.25) is 0 Å². The van der Waals surface area contributed by atoms with Gasteiger partial charge in [-0.2, -0.15) is 0 Å². The molecule has 0 aliphatic carbocycles. The number of rotatable bonds is 8. The highest BCUT2D eigenvalue weighted by Crippen LogP contribution is 2.38. The van der Waals surface area contributed by atoms with Gasteiger partial charge in [0.05, 0.1) is 24.4 Å². The molecule has 0 saturated carbocycles. The van der Waals surface area contributed by atoms with Crippen molar-refractivity contribution in [3.8, 4) is 17.2 Å². The Morgan fingerprint density at radius 1 is 0.921 bits per heavy atom. The van der Waals surface area contributed by atoms with E-state index in [0.717, 1.165) is 4.90 Å². The molecule has 11 heteroatoms. The van der Waals surface area contributed by atoms with Crippen molar-refractivity contribution >= 4 is 64.4 Å². The van der Waals surface area contributed by atoms with Gasteiger partial charge in [0.15, 0.2) is 11.5 Å². The second-order valence-corrected chi connectivity index (χ2v) is 9.19. The average Bonchev–Trinajstić information content (AvgIpc) is 2.87. The fourth-order valence-electron chi connectivity index (χ4n) is 3.65. The van der Waals surface area contributed by atoms with Gasteiger partial charge >= 0.3 is 6.03 Å². The standard InChI is InChI=1S/C27H21Cl3N2O6/c1-3-37-23-12-15(11-22(30)24(23)38-14-16-4-5-17(28)13-21(16)29)10-20-25(33)31-27(35)32(26(20)34)18-6-8-19(36-2)9-7-18/h4-13H,3,14H2,1-2H3,(H,31,33,35)/b20-10+. The first-order valence-corrected chi connectivity index (χ1v) is 12.4. The van der Waals surface area contributed by atoms with Crippen LogP contribution >= 0.6 is 34.8 Å². The van der Waals surface area contributed by atoms with E-state index in [2.05, 4.69) is 5.32 Å². The number of barbiturate groups is 1. The molecule has 0 bridgehead atoms. The first-order valence-electron chi connectivity index (χ1n) is 11.3. The van der Waals surface area contributed by atoms with Gasteiger partial charge < -0.3 is 14.2 Å². The summed E-state index contributed by atoms with van der Waals surface area (Å²) < 4.78 is 16.7. The Hall–Kier alpha value is -3.72. The summed E-state index contributed by atoms with van der Waals surface area (Å²) in [6.45, 7) is 2.18. The summed E-state index contributed by atoms with van der Waals surface area (Å²) in [5.74, 6) is -0.531. The first-order chi connectivity index (χ1) is 18.2. The largest absolute Gasteiger partial charge is 0.497 e. The van der Waals surface area contributed by atoms with Crippen LogP contribution in [0.25, 0.3) is 6.08 Å². The van der Waals surface area contributed by atoms with Crippen molar-refractivity contribution in [3.63, 3.8) is 0 Å². The maximum absolute atomic E-state index is 13.2. The summed E-state index contributed by atoms with van der Waals surface area (Å²) in [7, 11) is 1.50. The molecule has 3 aromatic carbocycles. The zero-order chi connectivity index (χ0) is 27.4. The molecule has 1 aliphatic rings. The lowest BCUT2D eigenvalue weighted by Gasteiger charge is -2.26. The number of benzene rings is 3. The topological polar surface area (TPSA) is 94.2 Å². The van der Waals surface area contributed by atoms with Crippen LogP contribution in [-0.4, -0.2) is 31.6 Å². The van der Waals surface area contributed by atoms with E-state index in [4.69, 9.17) is 49.0 Å². The fraction of sp³-hybridized carbons (Fsp3) is 0.148. The van der Waals surface area contributed by atoms with Gasteiger partial charge in [-0.25, -0.2) is 9.69 Å². The van der Waals surface area contributed by atoms with Gasteiger partial charge in [0.1, 0.15) is 17.9 Å². The van der Waals surface area contributed by atoms with Crippen LogP contribution < -0.4 is 24.4 Å². The van der Waals surface area contributed by atoms with Gasteiger partial charge in [-0.05, 0) is 67.1 Å². The number of amides is 4. The summed E-state index contributed by atoms with van der Waals surface area (Å²) >= 11 is 18.7. The Morgan fingerprint density at radius 3 is 2.32 bits per heavy atom. The van der Waals surface area contributed by atoms with Gasteiger partial charge in [-0.1, -0.05) is 40.9 Å². The number of anilines is 1. The van der Waals surface area contributed by atoms with Crippen LogP contribution in [0.5, 0.6) is 17.2 Å². The van der Waals surface area contributed by atoms with E-state index >= 15 is 0 Å². The lowest BCUT2D eigenvalue weighted by Crippen LogP contribution is -2.54. The number of hydrogen-bond acceptors (Lipinski definition) is 6. The lowest BCUT2D eigenvalue weighted by molar-refractivity contribution is -0.122. The second kappa shape index (κ2) is 11.8. The first kappa shape index (κ1) is 27.3. The van der Waals surface area contributed by atoms with Crippen LogP contribution in [0.4, 0.5) is 10.5 Å². The number of ether oxygens (including phenoxy) is 3. The van der Waals surface area contributed by atoms with E-state index in [0.29, 0.717) is 39.3 Å². The highest BCUT2D eigenvalue weighted by molar-refractivity contribution is 6.39. The molecule has 3 aromatic rings. The lowest BCUT2D eigenvalue weighted by atomic mass is 10.1. The maximum atomic E-state index is 13.2. The van der Waals surface area contributed by atoms with Crippen molar-refractivity contribution in [2.75, 3.05) is 18.6 Å². The number of halogens is 3. The number of carbonyl (C=O) groups is 3. The van der Waals surface area contributed by atoms with Crippen molar-refractivity contribution in [1.29, 1.82) is 0 Å². The van der Waals surface area contributed by atoms with Crippen molar-refractivity contribution in [3.05, 3.63) is 86.4 Å². The van der Waals surface area contributed by atoms with E-state index in [9.17, 15) is 14.4 Å². The minimum atomic E-state index is -0.861. The molecule has 38 heavy (non-hydrogen) atoms. The van der Waals surface area contributed by atoms with E-state index in [1.54, 1.807) is 43.3 Å². The Balaban J connectivity index is 1.65. The predicted octanol–water partition coefficient (Wildman–Crippen LogP) is 6.30. The zero-order valence-electron chi connectivity index (χ0n) is 20.2. The number of nitrogens with zero attached hydrogens (tertiary/aromatic N) is 1. The Labute approximate surface area is 233 Å². The highest BCUT2D eigenvalue weighted by Gasteiger charge is 2.37. The fourth-order valence-corrected chi connectivity index (χ4v) is 4.39. The maximum Gasteiger partial charge on any atom is 0.335 e. The third-order valence-electron chi connectivity index (χ3n) is 5.46. The van der Waals surface area contributed by atoms with E-state index in [-0.39, 0.29) is 28.6 Å². The smallest absolute Gasteiger partial charge is 0.335 e. The molecule has 1 aliphatic heterocycles. The van der Waals surface area contributed by atoms with Crippen molar-refractivity contribution in [2.24, 2.45) is 0 Å². The van der Waals surface area contributed by atoms with E-state index in [1.807, 2.05) is 0 Å². The molecule has 8 nitrogen and oxygen atoms in total. The summed E-state index contributed by atoms with van der Waals surface area (Å²) in [6, 6.07) is 13.5. The molecule has 1 fully saturated rings. The van der Waals surface area contributed by atoms with Gasteiger partial charge in [-0.3, -0.25) is 14.9 Å². The molecule has 4 amide bonds. The van der Waals surface area contributed by atoms with Crippen LogP contribution in [0, 0.1) is 0 Å². The van der Waals surface area contributed by atoms with E-state index < -0.39 is 17.8 Å². The average molecular weight is 576 g/mol. The minimum absolute atomic E-state index is 0.0933. The highest BCUT2D eigenvalue weighted by atomic mass is 35.5. The molecule has 1 heterocycles. The quantitative estimate of drug-likeness (QED) is 0.250. The van der Waals surface area contributed by atoms with Crippen molar-refractivity contribution < 1.29 is 28.6 Å². The molecule has 0 atom stereocenters. The van der Waals surface area contributed by atoms with Crippen LogP contribution in [0.2, 0.25) is 15.1 Å². The number of nitrogens with one attached hydrogen (secondary N) is 1. The van der Waals surface area contributed by atoms with Crippen molar-refractivity contribution in [2.45, 2.75) is 13.5 Å². The number of imide groups is 2. The number of carbonyl (C=O) groups excluding carboxylic acids is 3. The molecule has 196 valence electrons. The molecule has 1 N–H and O–H groups in total. The monoisotopic (exact) mass is 574 g/mol. The number of urea groups is 1. The van der Waals surface area contributed by atoms with Gasteiger partial charge in [-0.15, -0.1) is 0 Å². The summed E-state index contributed by atoms with van der Waals surface area (Å²) in [6.07, 6.45) is 1.33. The van der Waals surface area contributed by atoms with E-state index in [1.165, 1.54) is 31.4 Å². The Morgan fingerprint density at radius 2 is 1.66 bits per heavy atom. The van der Waals surface area contributed by atoms with Crippen LogP contribution in [0.1, 0.15) is 18.1 Å². The third kappa shape index (κ3) is 5.88. The molecule has 4 rings (SSSR count). The third-order valence-corrected chi connectivity index (χ3v) is 6.33.